The fourth-order valence-corrected chi connectivity index (χ4v) is 2.92. The quantitative estimate of drug-likeness (QED) is 0.618. The van der Waals surface area contributed by atoms with E-state index in [1.54, 1.807) is 25.1 Å². The van der Waals surface area contributed by atoms with Gasteiger partial charge in [-0.25, -0.2) is 4.68 Å². The number of amides is 1. The number of carbonyl (C=O) groups excluding carboxylic acids is 1. The number of aromatic nitrogens is 3. The number of halogens is 2. The van der Waals surface area contributed by atoms with Gasteiger partial charge >= 0.3 is 0 Å². The molecular formula is C14H17Cl2N5OS. The first kappa shape index (κ1) is 17.9. The van der Waals surface area contributed by atoms with E-state index in [1.165, 1.54) is 16.4 Å². The largest absolute Gasteiger partial charge is 0.336 e. The van der Waals surface area contributed by atoms with Crippen molar-refractivity contribution in [3.63, 3.8) is 0 Å². The standard InChI is InChI=1S/C14H17Cl2N5OS/c1-7(2)12-19-20-14(21(12)17)23-8(3)13(22)18-11-6-9(15)4-5-10(11)16/h4-8H,17H2,1-3H3,(H,18,22)/t8-/m1/s1. The molecule has 0 bridgehead atoms. The summed E-state index contributed by atoms with van der Waals surface area (Å²) in [5.41, 5.74) is 0.466. The lowest BCUT2D eigenvalue weighted by molar-refractivity contribution is -0.115. The molecular weight excluding hydrogens is 357 g/mol. The highest BCUT2D eigenvalue weighted by Crippen LogP contribution is 2.28. The molecule has 0 radical (unpaired) electrons. The van der Waals surface area contributed by atoms with Crippen LogP contribution in [-0.2, 0) is 4.79 Å². The normalized spacial score (nSPS) is 12.4. The van der Waals surface area contributed by atoms with E-state index in [9.17, 15) is 4.79 Å². The van der Waals surface area contributed by atoms with Gasteiger partial charge in [0.1, 0.15) is 0 Å². The number of nitrogen functional groups attached to an aromatic ring is 1. The molecule has 23 heavy (non-hydrogen) atoms. The van der Waals surface area contributed by atoms with Gasteiger partial charge in [-0.1, -0.05) is 48.8 Å². The second kappa shape index (κ2) is 7.42. The van der Waals surface area contributed by atoms with Crippen LogP contribution in [0.25, 0.3) is 0 Å². The Balaban J connectivity index is 2.07. The Morgan fingerprint density at radius 3 is 2.61 bits per heavy atom. The van der Waals surface area contributed by atoms with Gasteiger partial charge in [-0.2, -0.15) is 0 Å². The summed E-state index contributed by atoms with van der Waals surface area (Å²) in [4.78, 5) is 12.3. The van der Waals surface area contributed by atoms with Crippen LogP contribution in [0.3, 0.4) is 0 Å². The number of anilines is 1. The monoisotopic (exact) mass is 373 g/mol. The van der Waals surface area contributed by atoms with Gasteiger partial charge in [-0.15, -0.1) is 10.2 Å². The summed E-state index contributed by atoms with van der Waals surface area (Å²) < 4.78 is 1.41. The van der Waals surface area contributed by atoms with Crippen LogP contribution in [0.1, 0.15) is 32.5 Å². The number of nitrogens with two attached hydrogens (primary N) is 1. The molecule has 1 heterocycles. The first-order valence-corrected chi connectivity index (χ1v) is 8.56. The molecule has 0 saturated carbocycles. The Morgan fingerprint density at radius 1 is 1.30 bits per heavy atom. The molecule has 0 fully saturated rings. The van der Waals surface area contributed by atoms with Gasteiger partial charge in [-0.05, 0) is 25.1 Å². The maximum absolute atomic E-state index is 12.3. The van der Waals surface area contributed by atoms with E-state index in [1.807, 2.05) is 13.8 Å². The maximum Gasteiger partial charge on any atom is 0.237 e. The van der Waals surface area contributed by atoms with E-state index in [-0.39, 0.29) is 11.8 Å². The van der Waals surface area contributed by atoms with Gasteiger partial charge in [0.05, 0.1) is 16.0 Å². The van der Waals surface area contributed by atoms with Gasteiger partial charge in [-0.3, -0.25) is 4.79 Å². The molecule has 1 amide bonds. The number of rotatable bonds is 5. The third-order valence-electron chi connectivity index (χ3n) is 3.04. The SMILES string of the molecule is CC(C)c1nnc(S[C@H](C)C(=O)Nc2cc(Cl)ccc2Cl)n1N. The summed E-state index contributed by atoms with van der Waals surface area (Å²) >= 11 is 13.2. The summed E-state index contributed by atoms with van der Waals surface area (Å²) in [6.07, 6.45) is 0. The predicted octanol–water partition coefficient (Wildman–Crippen LogP) is 3.54. The molecule has 2 aromatic rings. The lowest BCUT2D eigenvalue weighted by Crippen LogP contribution is -2.24. The Kier molecular flexibility index (Phi) is 5.78. The van der Waals surface area contributed by atoms with Crippen LogP contribution < -0.4 is 11.2 Å². The molecule has 3 N–H and O–H groups in total. The Morgan fingerprint density at radius 2 is 2.00 bits per heavy atom. The third kappa shape index (κ3) is 4.31. The van der Waals surface area contributed by atoms with E-state index in [0.29, 0.717) is 26.7 Å². The lowest BCUT2D eigenvalue weighted by atomic mass is 10.2. The van der Waals surface area contributed by atoms with Crippen LogP contribution >= 0.6 is 35.0 Å². The van der Waals surface area contributed by atoms with Crippen LogP contribution in [0.5, 0.6) is 0 Å². The molecule has 2 rings (SSSR count). The fraction of sp³-hybridized carbons (Fsp3) is 0.357. The molecule has 6 nitrogen and oxygen atoms in total. The second-order valence-electron chi connectivity index (χ2n) is 5.24. The Labute approximate surface area is 148 Å². The molecule has 0 spiro atoms. The van der Waals surface area contributed by atoms with E-state index in [2.05, 4.69) is 15.5 Å². The molecule has 0 saturated heterocycles. The number of nitrogens with zero attached hydrogens (tertiary/aromatic N) is 3. The molecule has 124 valence electrons. The number of nitrogens with one attached hydrogen (secondary N) is 1. The highest BCUT2D eigenvalue weighted by atomic mass is 35.5. The van der Waals surface area contributed by atoms with Crippen molar-refractivity contribution < 1.29 is 4.79 Å². The number of hydrogen-bond donors (Lipinski definition) is 2. The van der Waals surface area contributed by atoms with Crippen LogP contribution in [0.2, 0.25) is 10.0 Å². The van der Waals surface area contributed by atoms with Crippen molar-refractivity contribution in [2.24, 2.45) is 0 Å². The maximum atomic E-state index is 12.3. The van der Waals surface area contributed by atoms with Crippen LogP contribution in [0.15, 0.2) is 23.4 Å². The number of thioether (sulfide) groups is 1. The number of benzene rings is 1. The first-order valence-electron chi connectivity index (χ1n) is 6.92. The zero-order chi connectivity index (χ0) is 17.1. The van der Waals surface area contributed by atoms with Crippen LogP contribution in [0, 0.1) is 0 Å². The van der Waals surface area contributed by atoms with Crippen molar-refractivity contribution in [3.05, 3.63) is 34.1 Å². The van der Waals surface area contributed by atoms with Crippen molar-refractivity contribution in [2.45, 2.75) is 37.1 Å². The van der Waals surface area contributed by atoms with Crippen LogP contribution in [-0.4, -0.2) is 26.0 Å². The van der Waals surface area contributed by atoms with Gasteiger partial charge in [0.25, 0.3) is 0 Å². The summed E-state index contributed by atoms with van der Waals surface area (Å²) in [6.45, 7) is 5.69. The van der Waals surface area contributed by atoms with Gasteiger partial charge in [0.2, 0.25) is 11.1 Å². The number of carbonyl (C=O) groups is 1. The van der Waals surface area contributed by atoms with Crippen LogP contribution in [0.4, 0.5) is 5.69 Å². The van der Waals surface area contributed by atoms with Crippen molar-refractivity contribution in [1.29, 1.82) is 0 Å². The zero-order valence-corrected chi connectivity index (χ0v) is 15.2. The Bertz CT molecular complexity index is 719. The van der Waals surface area contributed by atoms with Crippen molar-refractivity contribution in [1.82, 2.24) is 14.9 Å². The van der Waals surface area contributed by atoms with E-state index in [0.717, 1.165) is 0 Å². The van der Waals surface area contributed by atoms with E-state index >= 15 is 0 Å². The Hall–Kier alpha value is -1.44. The van der Waals surface area contributed by atoms with Crippen molar-refractivity contribution >= 4 is 46.6 Å². The molecule has 0 aliphatic carbocycles. The van der Waals surface area contributed by atoms with E-state index in [4.69, 9.17) is 29.0 Å². The smallest absolute Gasteiger partial charge is 0.237 e. The second-order valence-corrected chi connectivity index (χ2v) is 7.39. The average molecular weight is 374 g/mol. The lowest BCUT2D eigenvalue weighted by Gasteiger charge is -2.13. The summed E-state index contributed by atoms with van der Waals surface area (Å²) in [6, 6.07) is 4.88. The molecule has 1 aromatic heterocycles. The van der Waals surface area contributed by atoms with Gasteiger partial charge in [0.15, 0.2) is 5.82 Å². The first-order chi connectivity index (χ1) is 10.8. The average Bonchev–Trinajstić information content (AvgIpc) is 2.84. The van der Waals surface area contributed by atoms with Crippen molar-refractivity contribution in [3.8, 4) is 0 Å². The zero-order valence-electron chi connectivity index (χ0n) is 12.9. The van der Waals surface area contributed by atoms with Gasteiger partial charge < -0.3 is 11.2 Å². The molecule has 0 aliphatic heterocycles. The predicted molar refractivity (Wildman–Crippen MR) is 94.7 cm³/mol. The summed E-state index contributed by atoms with van der Waals surface area (Å²) in [5.74, 6) is 6.54. The van der Waals surface area contributed by atoms with Crippen molar-refractivity contribution in [2.75, 3.05) is 11.2 Å². The highest BCUT2D eigenvalue weighted by molar-refractivity contribution is 8.00. The minimum absolute atomic E-state index is 0.149. The van der Waals surface area contributed by atoms with Gasteiger partial charge in [0, 0.05) is 10.9 Å². The van der Waals surface area contributed by atoms with E-state index < -0.39 is 5.25 Å². The molecule has 9 heteroatoms. The molecule has 1 atom stereocenters. The minimum Gasteiger partial charge on any atom is -0.336 e. The summed E-state index contributed by atoms with van der Waals surface area (Å²) in [5, 5.41) is 11.8. The molecule has 0 unspecified atom stereocenters. The third-order valence-corrected chi connectivity index (χ3v) is 4.67. The topological polar surface area (TPSA) is 85.8 Å². The number of hydrogen-bond acceptors (Lipinski definition) is 5. The summed E-state index contributed by atoms with van der Waals surface area (Å²) in [7, 11) is 0. The highest BCUT2D eigenvalue weighted by Gasteiger charge is 2.21. The molecule has 1 aromatic carbocycles. The minimum atomic E-state index is -0.434. The fourth-order valence-electron chi connectivity index (χ4n) is 1.80. The molecule has 0 aliphatic rings.